The maximum absolute atomic E-state index is 9.74. The summed E-state index contributed by atoms with van der Waals surface area (Å²) in [5, 5.41) is 13.5. The van der Waals surface area contributed by atoms with Crippen LogP contribution in [0.1, 0.15) is 68.5 Å². The summed E-state index contributed by atoms with van der Waals surface area (Å²) < 4.78 is 0. The van der Waals surface area contributed by atoms with E-state index in [-0.39, 0.29) is 5.41 Å². The van der Waals surface area contributed by atoms with E-state index in [1.807, 2.05) is 0 Å². The van der Waals surface area contributed by atoms with E-state index >= 15 is 0 Å². The summed E-state index contributed by atoms with van der Waals surface area (Å²) in [6.07, 6.45) is 7.41. The van der Waals surface area contributed by atoms with Crippen LogP contribution in [0.2, 0.25) is 0 Å². The van der Waals surface area contributed by atoms with Crippen molar-refractivity contribution < 1.29 is 5.11 Å². The highest BCUT2D eigenvalue weighted by molar-refractivity contribution is 5.34. The molecule has 1 saturated carbocycles. The molecule has 1 aromatic carbocycles. The van der Waals surface area contributed by atoms with Crippen molar-refractivity contribution in [3.8, 4) is 0 Å². The molecule has 2 aliphatic rings. The van der Waals surface area contributed by atoms with Crippen molar-refractivity contribution in [1.82, 2.24) is 5.32 Å². The van der Waals surface area contributed by atoms with Gasteiger partial charge in [-0.2, -0.15) is 0 Å². The van der Waals surface area contributed by atoms with Gasteiger partial charge in [0.15, 0.2) is 0 Å². The molecule has 2 unspecified atom stereocenters. The maximum Gasteiger partial charge on any atom is 0.0499 e. The summed E-state index contributed by atoms with van der Waals surface area (Å²) in [5.74, 6) is 0.683. The Bertz CT molecular complexity index is 450. The zero-order valence-corrected chi connectivity index (χ0v) is 12.6. The van der Waals surface area contributed by atoms with Crippen LogP contribution >= 0.6 is 0 Å². The lowest BCUT2D eigenvalue weighted by molar-refractivity contribution is 0.123. The number of hydrogen-bond acceptors (Lipinski definition) is 2. The summed E-state index contributed by atoms with van der Waals surface area (Å²) in [6, 6.07) is 9.35. The molecule has 0 radical (unpaired) electrons. The van der Waals surface area contributed by atoms with Crippen molar-refractivity contribution in [3.63, 3.8) is 0 Å². The fraction of sp³-hybridized carbons (Fsp3) is 0.667. The zero-order chi connectivity index (χ0) is 14.0. The average molecular weight is 273 g/mol. The Morgan fingerprint density at radius 3 is 2.55 bits per heavy atom. The highest BCUT2D eigenvalue weighted by Crippen LogP contribution is 2.40. The number of nitrogens with one attached hydrogen (secondary N) is 1. The largest absolute Gasteiger partial charge is 0.396 e. The monoisotopic (exact) mass is 273 g/mol. The standard InChI is InChI=1S/C18H27NO/c1-14-8-9-17(16-7-3-2-6-15(14)16)19-12-18(13-20)10-4-5-11-18/h2-3,6-7,14,17,19-20H,4-5,8-13H2,1H3. The lowest BCUT2D eigenvalue weighted by Crippen LogP contribution is -2.38. The van der Waals surface area contributed by atoms with Crippen LogP contribution in [0, 0.1) is 5.41 Å². The molecule has 0 aliphatic heterocycles. The van der Waals surface area contributed by atoms with Gasteiger partial charge in [0, 0.05) is 24.6 Å². The van der Waals surface area contributed by atoms with Gasteiger partial charge in [-0.15, -0.1) is 0 Å². The topological polar surface area (TPSA) is 32.3 Å². The molecule has 0 heterocycles. The van der Waals surface area contributed by atoms with Gasteiger partial charge >= 0.3 is 0 Å². The molecule has 1 aromatic rings. The minimum absolute atomic E-state index is 0.151. The molecular weight excluding hydrogens is 246 g/mol. The van der Waals surface area contributed by atoms with Crippen molar-refractivity contribution in [1.29, 1.82) is 0 Å². The van der Waals surface area contributed by atoms with Crippen LogP contribution < -0.4 is 5.32 Å². The molecule has 2 nitrogen and oxygen atoms in total. The van der Waals surface area contributed by atoms with Crippen LogP contribution in [0.4, 0.5) is 0 Å². The third kappa shape index (κ3) is 2.64. The lowest BCUT2D eigenvalue weighted by atomic mass is 9.80. The number of aliphatic hydroxyl groups is 1. The molecular formula is C18H27NO. The Kier molecular flexibility index (Phi) is 4.13. The van der Waals surface area contributed by atoms with Crippen LogP contribution in [0.25, 0.3) is 0 Å². The molecule has 2 N–H and O–H groups in total. The van der Waals surface area contributed by atoms with Crippen molar-refractivity contribution in [2.75, 3.05) is 13.2 Å². The first-order valence-electron chi connectivity index (χ1n) is 8.17. The molecule has 3 rings (SSSR count). The van der Waals surface area contributed by atoms with Gasteiger partial charge in [-0.25, -0.2) is 0 Å². The minimum atomic E-state index is 0.151. The third-order valence-corrected chi connectivity index (χ3v) is 5.51. The van der Waals surface area contributed by atoms with Gasteiger partial charge in [-0.3, -0.25) is 0 Å². The predicted molar refractivity (Wildman–Crippen MR) is 82.8 cm³/mol. The maximum atomic E-state index is 9.74. The van der Waals surface area contributed by atoms with E-state index in [1.54, 1.807) is 0 Å². The molecule has 2 heteroatoms. The SMILES string of the molecule is CC1CCC(NCC2(CO)CCCC2)c2ccccc21. The normalized spacial score (nSPS) is 28.3. The van der Waals surface area contributed by atoms with E-state index in [4.69, 9.17) is 0 Å². The Labute approximate surface area is 122 Å². The second kappa shape index (κ2) is 5.87. The van der Waals surface area contributed by atoms with Gasteiger partial charge in [0.25, 0.3) is 0 Å². The number of hydrogen-bond donors (Lipinski definition) is 2. The minimum Gasteiger partial charge on any atom is -0.396 e. The van der Waals surface area contributed by atoms with Crippen LogP contribution in [0.15, 0.2) is 24.3 Å². The van der Waals surface area contributed by atoms with E-state index in [1.165, 1.54) is 49.7 Å². The Hall–Kier alpha value is -0.860. The van der Waals surface area contributed by atoms with Gasteiger partial charge in [0.1, 0.15) is 0 Å². The molecule has 0 saturated heterocycles. The van der Waals surface area contributed by atoms with Crippen molar-refractivity contribution in [2.45, 2.75) is 57.4 Å². The summed E-state index contributed by atoms with van der Waals surface area (Å²) in [7, 11) is 0. The van der Waals surface area contributed by atoms with E-state index < -0.39 is 0 Å². The predicted octanol–water partition coefficient (Wildman–Crippen LogP) is 3.77. The molecule has 0 amide bonds. The molecule has 2 atom stereocenters. The molecule has 0 aromatic heterocycles. The summed E-state index contributed by atoms with van der Waals surface area (Å²) >= 11 is 0. The molecule has 0 spiro atoms. The average Bonchev–Trinajstić information content (AvgIpc) is 2.96. The first-order valence-corrected chi connectivity index (χ1v) is 8.17. The van der Waals surface area contributed by atoms with Gasteiger partial charge in [-0.1, -0.05) is 44.0 Å². The third-order valence-electron chi connectivity index (χ3n) is 5.51. The van der Waals surface area contributed by atoms with Crippen LogP contribution in [0.5, 0.6) is 0 Å². The van der Waals surface area contributed by atoms with Crippen LogP contribution in [-0.4, -0.2) is 18.3 Å². The number of aliphatic hydroxyl groups excluding tert-OH is 1. The van der Waals surface area contributed by atoms with Gasteiger partial charge in [-0.05, 0) is 42.7 Å². The quantitative estimate of drug-likeness (QED) is 0.875. The van der Waals surface area contributed by atoms with E-state index in [9.17, 15) is 5.11 Å². The fourth-order valence-corrected chi connectivity index (χ4v) is 4.07. The van der Waals surface area contributed by atoms with E-state index in [2.05, 4.69) is 36.5 Å². The smallest absolute Gasteiger partial charge is 0.0499 e. The Balaban J connectivity index is 1.71. The second-order valence-electron chi connectivity index (χ2n) is 6.91. The molecule has 2 aliphatic carbocycles. The van der Waals surface area contributed by atoms with E-state index in [0.717, 1.165) is 6.54 Å². The lowest BCUT2D eigenvalue weighted by Gasteiger charge is -2.34. The highest BCUT2D eigenvalue weighted by atomic mass is 16.3. The fourth-order valence-electron chi connectivity index (χ4n) is 4.07. The second-order valence-corrected chi connectivity index (χ2v) is 6.91. The van der Waals surface area contributed by atoms with Gasteiger partial charge in [0.2, 0.25) is 0 Å². The molecule has 110 valence electrons. The van der Waals surface area contributed by atoms with E-state index in [0.29, 0.717) is 18.6 Å². The first kappa shape index (κ1) is 14.1. The van der Waals surface area contributed by atoms with Crippen molar-refractivity contribution in [2.24, 2.45) is 5.41 Å². The number of benzene rings is 1. The number of rotatable bonds is 4. The number of fused-ring (bicyclic) bond motifs is 1. The molecule has 1 fully saturated rings. The first-order chi connectivity index (χ1) is 9.74. The van der Waals surface area contributed by atoms with Crippen LogP contribution in [0.3, 0.4) is 0 Å². The zero-order valence-electron chi connectivity index (χ0n) is 12.6. The van der Waals surface area contributed by atoms with Gasteiger partial charge < -0.3 is 10.4 Å². The summed E-state index contributed by atoms with van der Waals surface area (Å²) in [6.45, 7) is 3.64. The summed E-state index contributed by atoms with van der Waals surface area (Å²) in [4.78, 5) is 0. The van der Waals surface area contributed by atoms with Crippen LogP contribution in [-0.2, 0) is 0 Å². The Morgan fingerprint density at radius 1 is 1.15 bits per heavy atom. The van der Waals surface area contributed by atoms with Gasteiger partial charge in [0.05, 0.1) is 0 Å². The Morgan fingerprint density at radius 2 is 1.85 bits per heavy atom. The molecule has 20 heavy (non-hydrogen) atoms. The highest BCUT2D eigenvalue weighted by Gasteiger charge is 2.34. The van der Waals surface area contributed by atoms with Crippen molar-refractivity contribution in [3.05, 3.63) is 35.4 Å². The molecule has 0 bridgehead atoms. The summed E-state index contributed by atoms with van der Waals surface area (Å²) in [5.41, 5.74) is 3.15. The van der Waals surface area contributed by atoms with Crippen molar-refractivity contribution >= 4 is 0 Å².